The number of aromatic nitrogens is 2. The Morgan fingerprint density at radius 2 is 2.18 bits per heavy atom. The zero-order valence-electron chi connectivity index (χ0n) is 12.3. The van der Waals surface area contributed by atoms with Gasteiger partial charge in [0.1, 0.15) is 5.82 Å². The molecule has 2 aromatic rings. The van der Waals surface area contributed by atoms with Crippen LogP contribution in [0.5, 0.6) is 0 Å². The molecule has 1 aliphatic rings. The van der Waals surface area contributed by atoms with Crippen LogP contribution < -0.4 is 5.32 Å². The molecule has 4 nitrogen and oxygen atoms in total. The number of hydrogen-bond donors (Lipinski definition) is 2. The second kappa shape index (κ2) is 6.81. The van der Waals surface area contributed by atoms with E-state index in [-0.39, 0.29) is 17.3 Å². The molecule has 0 unspecified atom stereocenters. The van der Waals surface area contributed by atoms with Gasteiger partial charge in [-0.05, 0) is 48.5 Å². The van der Waals surface area contributed by atoms with Gasteiger partial charge >= 0.3 is 0 Å². The summed E-state index contributed by atoms with van der Waals surface area (Å²) in [4.78, 5) is 0. The fraction of sp³-hybridized carbons (Fsp3) is 0.500. The van der Waals surface area contributed by atoms with E-state index in [4.69, 9.17) is 0 Å². The van der Waals surface area contributed by atoms with Crippen LogP contribution >= 0.6 is 11.5 Å². The van der Waals surface area contributed by atoms with E-state index in [1.54, 1.807) is 0 Å². The van der Waals surface area contributed by atoms with Crippen LogP contribution in [-0.4, -0.2) is 27.3 Å². The first kappa shape index (κ1) is 15.5. The lowest BCUT2D eigenvalue weighted by atomic mass is 9.78. The second-order valence-corrected chi connectivity index (χ2v) is 6.68. The summed E-state index contributed by atoms with van der Waals surface area (Å²) in [5.74, 6) is -0.223. The Bertz CT molecular complexity index is 590. The fourth-order valence-corrected chi connectivity index (χ4v) is 3.76. The first-order valence-corrected chi connectivity index (χ1v) is 8.41. The molecule has 1 aromatic carbocycles. The van der Waals surface area contributed by atoms with E-state index >= 15 is 0 Å². The molecular weight excluding hydrogens is 301 g/mol. The van der Waals surface area contributed by atoms with Gasteiger partial charge in [-0.15, -0.1) is 5.10 Å². The van der Waals surface area contributed by atoms with Gasteiger partial charge in [0.25, 0.3) is 0 Å². The Hall–Kier alpha value is -1.37. The number of hydrogen-bond acceptors (Lipinski definition) is 5. The van der Waals surface area contributed by atoms with Gasteiger partial charge in [-0.1, -0.05) is 23.0 Å². The quantitative estimate of drug-likeness (QED) is 0.858. The van der Waals surface area contributed by atoms with Crippen LogP contribution in [0.25, 0.3) is 0 Å². The minimum absolute atomic E-state index is 0.179. The summed E-state index contributed by atoms with van der Waals surface area (Å²) in [6.45, 7) is 1.39. The van der Waals surface area contributed by atoms with Crippen molar-refractivity contribution in [1.82, 2.24) is 14.9 Å². The van der Waals surface area contributed by atoms with Gasteiger partial charge in [-0.2, -0.15) is 0 Å². The molecule has 1 heterocycles. The van der Waals surface area contributed by atoms with Gasteiger partial charge in [0.05, 0.1) is 11.8 Å². The first-order valence-electron chi connectivity index (χ1n) is 7.57. The van der Waals surface area contributed by atoms with E-state index < -0.39 is 0 Å². The molecule has 118 valence electrons. The number of aliphatic hydroxyl groups is 1. The lowest BCUT2D eigenvalue weighted by molar-refractivity contribution is 0.0518. The van der Waals surface area contributed by atoms with E-state index in [2.05, 4.69) is 14.9 Å². The molecule has 2 N–H and O–H groups in total. The minimum Gasteiger partial charge on any atom is -0.392 e. The third-order valence-corrected chi connectivity index (χ3v) is 5.07. The predicted molar refractivity (Wildman–Crippen MR) is 84.0 cm³/mol. The maximum absolute atomic E-state index is 13.1. The first-order chi connectivity index (χ1) is 10.7. The molecule has 1 fully saturated rings. The zero-order valence-corrected chi connectivity index (χ0v) is 13.2. The summed E-state index contributed by atoms with van der Waals surface area (Å²) in [5.41, 5.74) is 1.82. The fourth-order valence-electron chi connectivity index (χ4n) is 3.30. The largest absolute Gasteiger partial charge is 0.392 e. The molecule has 0 radical (unpaired) electrons. The standard InChI is InChI=1S/C16H20FN3OS/c17-13-5-3-12(4-6-13)8-16(7-1-2-15(16)21)11-18-9-14-10-22-20-19-14/h3-6,10,15,18,21H,1-2,7-9,11H2/t15-,16-/m0/s1. The van der Waals surface area contributed by atoms with Crippen molar-refractivity contribution in [3.8, 4) is 0 Å². The molecule has 0 spiro atoms. The molecule has 0 saturated heterocycles. The van der Waals surface area contributed by atoms with Crippen molar-refractivity contribution in [2.75, 3.05) is 6.54 Å². The monoisotopic (exact) mass is 321 g/mol. The van der Waals surface area contributed by atoms with E-state index in [1.807, 2.05) is 17.5 Å². The van der Waals surface area contributed by atoms with Gasteiger partial charge < -0.3 is 10.4 Å². The molecule has 22 heavy (non-hydrogen) atoms. The summed E-state index contributed by atoms with van der Waals surface area (Å²) in [7, 11) is 0. The molecule has 3 rings (SSSR count). The SMILES string of the molecule is O[C@H]1CCC[C@@]1(CNCc1csnn1)Cc1ccc(F)cc1. The third-order valence-electron chi connectivity index (χ3n) is 4.52. The van der Waals surface area contributed by atoms with Crippen molar-refractivity contribution in [3.05, 3.63) is 46.7 Å². The van der Waals surface area contributed by atoms with Crippen molar-refractivity contribution in [1.29, 1.82) is 0 Å². The van der Waals surface area contributed by atoms with Crippen LogP contribution in [0.2, 0.25) is 0 Å². The minimum atomic E-state index is -0.321. The number of nitrogens with zero attached hydrogens (tertiary/aromatic N) is 2. The van der Waals surface area contributed by atoms with Crippen molar-refractivity contribution in [2.45, 2.75) is 38.3 Å². The van der Waals surface area contributed by atoms with Gasteiger partial charge in [-0.25, -0.2) is 4.39 Å². The highest BCUT2D eigenvalue weighted by molar-refractivity contribution is 7.03. The Labute approximate surface area is 133 Å². The van der Waals surface area contributed by atoms with Gasteiger partial charge in [0.2, 0.25) is 0 Å². The Morgan fingerprint density at radius 3 is 2.82 bits per heavy atom. The lowest BCUT2D eigenvalue weighted by Crippen LogP contribution is -2.41. The number of aliphatic hydroxyl groups excluding tert-OH is 1. The normalized spacial score (nSPS) is 24.7. The predicted octanol–water partition coefficient (Wildman–Crippen LogP) is 2.54. The number of rotatable bonds is 6. The number of benzene rings is 1. The van der Waals surface area contributed by atoms with Gasteiger partial charge in [-0.3, -0.25) is 0 Å². The van der Waals surface area contributed by atoms with E-state index in [0.717, 1.165) is 43.5 Å². The third kappa shape index (κ3) is 3.51. The van der Waals surface area contributed by atoms with Crippen LogP contribution in [-0.2, 0) is 13.0 Å². The number of halogens is 1. The molecule has 1 saturated carbocycles. The van der Waals surface area contributed by atoms with Crippen molar-refractivity contribution < 1.29 is 9.50 Å². The summed E-state index contributed by atoms with van der Waals surface area (Å²) in [6, 6.07) is 6.59. The molecule has 0 bridgehead atoms. The highest BCUT2D eigenvalue weighted by Gasteiger charge is 2.41. The molecular formula is C16H20FN3OS. The molecule has 2 atom stereocenters. The van der Waals surface area contributed by atoms with Gasteiger partial charge in [0.15, 0.2) is 0 Å². The van der Waals surface area contributed by atoms with Crippen LogP contribution in [0.4, 0.5) is 4.39 Å². The van der Waals surface area contributed by atoms with Gasteiger partial charge in [0, 0.05) is 23.9 Å². The topological polar surface area (TPSA) is 58.0 Å². The highest BCUT2D eigenvalue weighted by atomic mass is 32.1. The van der Waals surface area contributed by atoms with Crippen molar-refractivity contribution >= 4 is 11.5 Å². The smallest absolute Gasteiger partial charge is 0.123 e. The second-order valence-electron chi connectivity index (χ2n) is 6.07. The molecule has 1 aromatic heterocycles. The summed E-state index contributed by atoms with van der Waals surface area (Å²) in [6.07, 6.45) is 3.28. The lowest BCUT2D eigenvalue weighted by Gasteiger charge is -2.33. The summed E-state index contributed by atoms with van der Waals surface area (Å²) < 4.78 is 16.9. The van der Waals surface area contributed by atoms with Crippen LogP contribution in [0.15, 0.2) is 29.6 Å². The molecule has 0 amide bonds. The average molecular weight is 321 g/mol. The molecule has 1 aliphatic carbocycles. The van der Waals surface area contributed by atoms with Crippen molar-refractivity contribution in [2.24, 2.45) is 5.41 Å². The Morgan fingerprint density at radius 1 is 1.36 bits per heavy atom. The maximum atomic E-state index is 13.1. The van der Waals surface area contributed by atoms with E-state index in [9.17, 15) is 9.50 Å². The zero-order chi connectivity index (χ0) is 15.4. The Kier molecular flexibility index (Phi) is 4.81. The van der Waals surface area contributed by atoms with E-state index in [1.165, 1.54) is 23.7 Å². The molecule has 6 heteroatoms. The summed E-state index contributed by atoms with van der Waals surface area (Å²) >= 11 is 1.34. The van der Waals surface area contributed by atoms with E-state index in [0.29, 0.717) is 6.54 Å². The average Bonchev–Trinajstić information content (AvgIpc) is 3.13. The number of nitrogens with one attached hydrogen (secondary N) is 1. The Balaban J connectivity index is 1.66. The molecule has 0 aliphatic heterocycles. The van der Waals surface area contributed by atoms with Crippen LogP contribution in [0.3, 0.4) is 0 Å². The van der Waals surface area contributed by atoms with Crippen LogP contribution in [0.1, 0.15) is 30.5 Å². The van der Waals surface area contributed by atoms with Crippen LogP contribution in [0, 0.1) is 11.2 Å². The maximum Gasteiger partial charge on any atom is 0.123 e. The highest BCUT2D eigenvalue weighted by Crippen LogP contribution is 2.40. The summed E-state index contributed by atoms with van der Waals surface area (Å²) in [5, 5.41) is 19.8. The van der Waals surface area contributed by atoms with Crippen molar-refractivity contribution in [3.63, 3.8) is 0 Å².